The SMILES string of the molecule is OP(O)C1=Cc2ccccc2C1. The van der Waals surface area contributed by atoms with Crippen molar-refractivity contribution in [3.05, 3.63) is 40.7 Å². The Balaban J connectivity index is 2.35. The Hall–Kier alpha value is -0.690. The van der Waals surface area contributed by atoms with Crippen LogP contribution < -0.4 is 0 Å². The van der Waals surface area contributed by atoms with Gasteiger partial charge in [0.2, 0.25) is 0 Å². The molecule has 3 heteroatoms. The molecular weight excluding hydrogens is 171 g/mol. The van der Waals surface area contributed by atoms with Crippen molar-refractivity contribution in [1.29, 1.82) is 0 Å². The summed E-state index contributed by atoms with van der Waals surface area (Å²) in [6.07, 6.45) is 2.55. The lowest BCUT2D eigenvalue weighted by atomic mass is 10.1. The summed E-state index contributed by atoms with van der Waals surface area (Å²) in [4.78, 5) is 18.0. The number of fused-ring (bicyclic) bond motifs is 1. The van der Waals surface area contributed by atoms with Gasteiger partial charge in [-0.2, -0.15) is 0 Å². The summed E-state index contributed by atoms with van der Waals surface area (Å²) in [5.41, 5.74) is 2.30. The van der Waals surface area contributed by atoms with Crippen LogP contribution in [0.2, 0.25) is 0 Å². The van der Waals surface area contributed by atoms with Crippen LogP contribution in [0.5, 0.6) is 0 Å². The Kier molecular flexibility index (Phi) is 1.97. The van der Waals surface area contributed by atoms with Gasteiger partial charge in [-0.25, -0.2) is 0 Å². The Morgan fingerprint density at radius 1 is 1.17 bits per heavy atom. The molecule has 0 aromatic heterocycles. The van der Waals surface area contributed by atoms with E-state index in [2.05, 4.69) is 0 Å². The van der Waals surface area contributed by atoms with Gasteiger partial charge in [-0.1, -0.05) is 24.3 Å². The molecule has 0 radical (unpaired) electrons. The van der Waals surface area contributed by atoms with E-state index < -0.39 is 8.38 Å². The fourth-order valence-corrected chi connectivity index (χ4v) is 1.96. The van der Waals surface area contributed by atoms with Gasteiger partial charge in [0.25, 0.3) is 0 Å². The fraction of sp³-hybridized carbons (Fsp3) is 0.111. The number of allylic oxidation sites excluding steroid dienone is 1. The van der Waals surface area contributed by atoms with Crippen LogP contribution in [-0.4, -0.2) is 9.79 Å². The van der Waals surface area contributed by atoms with Crippen molar-refractivity contribution in [2.45, 2.75) is 6.42 Å². The molecule has 0 saturated heterocycles. The van der Waals surface area contributed by atoms with Crippen LogP contribution in [0.1, 0.15) is 11.1 Å². The maximum Gasteiger partial charge on any atom is 0.195 e. The molecule has 12 heavy (non-hydrogen) atoms. The van der Waals surface area contributed by atoms with E-state index in [-0.39, 0.29) is 0 Å². The Bertz CT molecular complexity index is 331. The number of benzene rings is 1. The Morgan fingerprint density at radius 3 is 2.58 bits per heavy atom. The third-order valence-electron chi connectivity index (χ3n) is 2.01. The Morgan fingerprint density at radius 2 is 1.92 bits per heavy atom. The quantitative estimate of drug-likeness (QED) is 0.648. The van der Waals surface area contributed by atoms with Crippen molar-refractivity contribution < 1.29 is 9.79 Å². The van der Waals surface area contributed by atoms with Gasteiger partial charge in [0.05, 0.1) is 0 Å². The molecule has 2 N–H and O–H groups in total. The topological polar surface area (TPSA) is 40.5 Å². The lowest BCUT2D eigenvalue weighted by Gasteiger charge is -2.00. The lowest BCUT2D eigenvalue weighted by Crippen LogP contribution is -1.82. The van der Waals surface area contributed by atoms with Gasteiger partial charge in [-0.05, 0) is 17.2 Å². The zero-order chi connectivity index (χ0) is 8.55. The Labute approximate surface area is 72.1 Å². The van der Waals surface area contributed by atoms with E-state index in [4.69, 9.17) is 9.79 Å². The number of rotatable bonds is 1. The molecule has 62 valence electrons. The smallest absolute Gasteiger partial charge is 0.195 e. The van der Waals surface area contributed by atoms with Crippen LogP contribution in [-0.2, 0) is 6.42 Å². The molecule has 1 aliphatic carbocycles. The normalized spacial score (nSPS) is 14.8. The first-order valence-corrected chi connectivity index (χ1v) is 4.98. The minimum atomic E-state index is -1.89. The van der Waals surface area contributed by atoms with E-state index in [0.29, 0.717) is 6.42 Å². The summed E-state index contributed by atoms with van der Waals surface area (Å²) in [6.45, 7) is 0. The van der Waals surface area contributed by atoms with Crippen molar-refractivity contribution in [3.8, 4) is 0 Å². The maximum atomic E-state index is 8.98. The second-order valence-corrected chi connectivity index (χ2v) is 3.95. The molecular formula is C9H9O2P. The molecule has 0 fully saturated rings. The highest BCUT2D eigenvalue weighted by molar-refractivity contribution is 7.50. The largest absolute Gasteiger partial charge is 0.347 e. The van der Waals surface area contributed by atoms with Gasteiger partial charge < -0.3 is 9.79 Å². The molecule has 2 rings (SSSR count). The van der Waals surface area contributed by atoms with Crippen molar-refractivity contribution in [2.75, 3.05) is 0 Å². The molecule has 1 aromatic rings. The highest BCUT2D eigenvalue weighted by atomic mass is 31.2. The number of hydrogen-bond acceptors (Lipinski definition) is 2. The van der Waals surface area contributed by atoms with Crippen LogP contribution in [0.25, 0.3) is 6.08 Å². The van der Waals surface area contributed by atoms with E-state index in [1.165, 1.54) is 5.56 Å². The predicted octanol–water partition coefficient (Wildman–Crippen LogP) is 1.88. The van der Waals surface area contributed by atoms with E-state index in [9.17, 15) is 0 Å². The van der Waals surface area contributed by atoms with E-state index in [1.54, 1.807) is 0 Å². The lowest BCUT2D eigenvalue weighted by molar-refractivity contribution is 0.491. The zero-order valence-corrected chi connectivity index (χ0v) is 7.33. The number of hydrogen-bond donors (Lipinski definition) is 2. The third-order valence-corrected chi connectivity index (χ3v) is 2.81. The molecule has 1 aromatic carbocycles. The monoisotopic (exact) mass is 180 g/mol. The zero-order valence-electron chi connectivity index (χ0n) is 6.44. The van der Waals surface area contributed by atoms with Gasteiger partial charge in [-0.15, -0.1) is 0 Å². The van der Waals surface area contributed by atoms with Gasteiger partial charge >= 0.3 is 0 Å². The van der Waals surface area contributed by atoms with Crippen molar-refractivity contribution in [1.82, 2.24) is 0 Å². The molecule has 0 aliphatic heterocycles. The molecule has 0 saturated carbocycles. The molecule has 0 unspecified atom stereocenters. The van der Waals surface area contributed by atoms with Crippen LogP contribution >= 0.6 is 8.38 Å². The van der Waals surface area contributed by atoms with Crippen molar-refractivity contribution >= 4 is 14.5 Å². The molecule has 0 atom stereocenters. The molecule has 0 amide bonds. The highest BCUT2D eigenvalue weighted by Gasteiger charge is 2.16. The average molecular weight is 180 g/mol. The standard InChI is InChI=1S/C9H9O2P/c10-12(11)9-5-7-3-1-2-4-8(7)6-9/h1-5,10-11H,6H2. The van der Waals surface area contributed by atoms with Gasteiger partial charge in [-0.3, -0.25) is 0 Å². The minimum absolute atomic E-state index is 0.689. The summed E-state index contributed by atoms with van der Waals surface area (Å²) in [7, 11) is -1.89. The van der Waals surface area contributed by atoms with Gasteiger partial charge in [0.1, 0.15) is 0 Å². The van der Waals surface area contributed by atoms with E-state index in [1.807, 2.05) is 30.3 Å². The van der Waals surface area contributed by atoms with Crippen LogP contribution in [0, 0.1) is 0 Å². The van der Waals surface area contributed by atoms with Gasteiger partial charge in [0.15, 0.2) is 8.38 Å². The summed E-state index contributed by atoms with van der Waals surface area (Å²) in [6, 6.07) is 7.92. The molecule has 2 nitrogen and oxygen atoms in total. The van der Waals surface area contributed by atoms with Gasteiger partial charge in [0, 0.05) is 11.7 Å². The van der Waals surface area contributed by atoms with Crippen molar-refractivity contribution in [3.63, 3.8) is 0 Å². The second-order valence-electron chi connectivity index (χ2n) is 2.80. The van der Waals surface area contributed by atoms with E-state index in [0.717, 1.165) is 10.9 Å². The van der Waals surface area contributed by atoms with Crippen molar-refractivity contribution in [2.24, 2.45) is 0 Å². The fourth-order valence-electron chi connectivity index (χ4n) is 1.39. The summed E-state index contributed by atoms with van der Waals surface area (Å²) in [5, 5.41) is 0.742. The maximum absolute atomic E-state index is 8.98. The second kappa shape index (κ2) is 2.98. The molecule has 1 aliphatic rings. The molecule has 0 spiro atoms. The molecule has 0 heterocycles. The first-order valence-electron chi connectivity index (χ1n) is 3.74. The average Bonchev–Trinajstić information content (AvgIpc) is 2.46. The summed E-state index contributed by atoms with van der Waals surface area (Å²) < 4.78 is 0. The van der Waals surface area contributed by atoms with E-state index >= 15 is 0 Å². The van der Waals surface area contributed by atoms with Crippen LogP contribution in [0.15, 0.2) is 29.6 Å². The first-order chi connectivity index (χ1) is 5.77. The summed E-state index contributed by atoms with van der Waals surface area (Å²) >= 11 is 0. The highest BCUT2D eigenvalue weighted by Crippen LogP contribution is 2.42. The summed E-state index contributed by atoms with van der Waals surface area (Å²) in [5.74, 6) is 0. The molecule has 0 bridgehead atoms. The first kappa shape index (κ1) is 7.93. The van der Waals surface area contributed by atoms with Crippen LogP contribution in [0.3, 0.4) is 0 Å². The third kappa shape index (κ3) is 1.29. The van der Waals surface area contributed by atoms with Crippen LogP contribution in [0.4, 0.5) is 0 Å². The predicted molar refractivity (Wildman–Crippen MR) is 49.5 cm³/mol. The minimum Gasteiger partial charge on any atom is -0.347 e.